The third-order valence-electron chi connectivity index (χ3n) is 15.7. The second kappa shape index (κ2) is 26.4. The monoisotopic (exact) mass is 955 g/mol. The molecule has 0 aliphatic carbocycles. The summed E-state index contributed by atoms with van der Waals surface area (Å²) in [7, 11) is 0. The molecule has 0 unspecified atom stereocenters. The van der Waals surface area contributed by atoms with Gasteiger partial charge in [-0.15, -0.1) is 0 Å². The summed E-state index contributed by atoms with van der Waals surface area (Å²) in [6.07, 6.45) is 39.3. The van der Waals surface area contributed by atoms with Gasteiger partial charge in [0.15, 0.2) is 0 Å². The molecule has 5 aromatic rings. The number of benzene rings is 5. The Morgan fingerprint density at radius 1 is 0.386 bits per heavy atom. The summed E-state index contributed by atoms with van der Waals surface area (Å²) >= 11 is 0. The van der Waals surface area contributed by atoms with Gasteiger partial charge < -0.3 is 5.73 Å². The summed E-state index contributed by atoms with van der Waals surface area (Å²) in [6.45, 7) is 5.07. The smallest absolute Gasteiger partial charge is 0.278 e. The number of nitrogens with two attached hydrogens (primary N) is 1. The average Bonchev–Trinajstić information content (AvgIpc) is 3.35. The predicted molar refractivity (Wildman–Crippen MR) is 289 cm³/mol. The van der Waals surface area contributed by atoms with Crippen LogP contribution >= 0.6 is 0 Å². The molecule has 2 heterocycles. The molecule has 70 heavy (non-hydrogen) atoms. The highest BCUT2D eigenvalue weighted by Crippen LogP contribution is 2.50. The van der Waals surface area contributed by atoms with Crippen LogP contribution in [-0.2, 0) is 0 Å². The summed E-state index contributed by atoms with van der Waals surface area (Å²) in [6, 6.07) is 9.78. The number of amides is 4. The molecule has 5 aromatic carbocycles. The Balaban J connectivity index is 0.967. The number of unbranched alkanes of at least 4 members (excludes halogenated alkanes) is 30. The van der Waals surface area contributed by atoms with Crippen molar-refractivity contribution in [3.8, 4) is 0 Å². The lowest BCUT2D eigenvalue weighted by Gasteiger charge is -2.30. The fraction of sp³-hybridized carbons (Fsp3) is 0.600. The predicted octanol–water partition coefficient (Wildman–Crippen LogP) is 16.9. The number of imide groups is 2. The largest absolute Gasteiger partial charge is 0.398 e. The van der Waals surface area contributed by atoms with Gasteiger partial charge in [-0.1, -0.05) is 219 Å². The maximum atomic E-state index is 14.3. The summed E-state index contributed by atoms with van der Waals surface area (Å²) in [5, 5.41) is 16.6. The van der Waals surface area contributed by atoms with E-state index in [1.165, 1.54) is 170 Å². The van der Waals surface area contributed by atoms with E-state index < -0.39 is 22.6 Å². The summed E-state index contributed by atoms with van der Waals surface area (Å²) < 4.78 is 0. The van der Waals surface area contributed by atoms with Gasteiger partial charge in [0.25, 0.3) is 29.3 Å². The number of nitro benzene ring substituents is 1. The van der Waals surface area contributed by atoms with Crippen molar-refractivity contribution in [2.75, 3.05) is 18.8 Å². The fourth-order valence-corrected chi connectivity index (χ4v) is 11.8. The first-order valence-electron chi connectivity index (χ1n) is 28.1. The number of rotatable bonds is 35. The third-order valence-corrected chi connectivity index (χ3v) is 15.7. The molecule has 378 valence electrons. The van der Waals surface area contributed by atoms with E-state index >= 15 is 0 Å². The average molecular weight is 955 g/mol. The van der Waals surface area contributed by atoms with Gasteiger partial charge in [0.1, 0.15) is 0 Å². The number of carbonyl (C=O) groups excluding carboxylic acids is 4. The molecule has 0 aromatic heterocycles. The van der Waals surface area contributed by atoms with Crippen molar-refractivity contribution in [1.29, 1.82) is 0 Å². The van der Waals surface area contributed by atoms with E-state index in [4.69, 9.17) is 5.73 Å². The van der Waals surface area contributed by atoms with Crippen molar-refractivity contribution in [1.82, 2.24) is 9.80 Å². The van der Waals surface area contributed by atoms with Crippen LogP contribution in [-0.4, -0.2) is 51.4 Å². The number of anilines is 1. The lowest BCUT2D eigenvalue weighted by molar-refractivity contribution is -0.383. The minimum absolute atomic E-state index is 0.126. The van der Waals surface area contributed by atoms with Crippen LogP contribution in [0.1, 0.15) is 261 Å². The number of fused-ring (bicyclic) bond motifs is 2. The van der Waals surface area contributed by atoms with Gasteiger partial charge in [-0.25, -0.2) is 0 Å². The number of non-ortho nitro benzene ring substituents is 1. The van der Waals surface area contributed by atoms with Crippen molar-refractivity contribution in [3.05, 3.63) is 68.8 Å². The normalized spacial score (nSPS) is 13.7. The Hall–Kier alpha value is -5.12. The zero-order valence-corrected chi connectivity index (χ0v) is 42.9. The van der Waals surface area contributed by atoms with E-state index in [1.807, 2.05) is 0 Å². The van der Waals surface area contributed by atoms with Gasteiger partial charge in [0.05, 0.1) is 21.4 Å². The molecule has 0 saturated heterocycles. The Labute approximate surface area is 417 Å². The van der Waals surface area contributed by atoms with Gasteiger partial charge in [0.2, 0.25) is 0 Å². The standard InChI is InChI=1S/C60H82N4O6/c1-3-5-7-9-11-13-15-17-19-21-23-25-27-29-31-33-39-62-57(65)45-38-36-44-54-50(64(69)70)42-48-52-46(37-35-43(56(52)54)53-49(61)41-47(59(62)67)51(45)55(44)53)58(66)63(60(48)68)40-34-32-30-28-26-24-22-20-18-16-14-12-10-8-6-4-2/h35-38,41-42H,3-34,39-40,61H2,1-2H3. The van der Waals surface area contributed by atoms with Crippen LogP contribution in [0.25, 0.3) is 43.1 Å². The molecule has 0 saturated carbocycles. The van der Waals surface area contributed by atoms with Crippen LogP contribution in [0.5, 0.6) is 0 Å². The lowest BCUT2D eigenvalue weighted by Crippen LogP contribution is -2.41. The minimum Gasteiger partial charge on any atom is -0.398 e. The molecule has 10 heteroatoms. The molecule has 2 aliphatic heterocycles. The van der Waals surface area contributed by atoms with Gasteiger partial charge in [-0.3, -0.25) is 39.1 Å². The molecule has 0 radical (unpaired) electrons. The molecule has 4 amide bonds. The van der Waals surface area contributed by atoms with Crippen LogP contribution in [0, 0.1) is 10.1 Å². The molecular formula is C60H82N4O6. The lowest BCUT2D eigenvalue weighted by atomic mass is 9.81. The van der Waals surface area contributed by atoms with Gasteiger partial charge in [-0.05, 0) is 41.8 Å². The highest BCUT2D eigenvalue weighted by atomic mass is 16.6. The first-order valence-corrected chi connectivity index (χ1v) is 28.1. The van der Waals surface area contributed by atoms with Crippen LogP contribution in [0.4, 0.5) is 11.4 Å². The van der Waals surface area contributed by atoms with Crippen molar-refractivity contribution in [2.24, 2.45) is 0 Å². The second-order valence-corrected chi connectivity index (χ2v) is 20.9. The van der Waals surface area contributed by atoms with E-state index in [9.17, 15) is 29.3 Å². The minimum atomic E-state index is -0.532. The number of nitro groups is 1. The molecular weight excluding hydrogens is 873 g/mol. The molecule has 0 spiro atoms. The number of nitrogens with zero attached hydrogens (tertiary/aromatic N) is 3. The maximum absolute atomic E-state index is 14.3. The quantitative estimate of drug-likeness (QED) is 0.00810. The van der Waals surface area contributed by atoms with E-state index in [-0.39, 0.29) is 29.1 Å². The second-order valence-electron chi connectivity index (χ2n) is 20.9. The maximum Gasteiger partial charge on any atom is 0.278 e. The van der Waals surface area contributed by atoms with Crippen LogP contribution in [0.3, 0.4) is 0 Å². The van der Waals surface area contributed by atoms with Crippen molar-refractivity contribution < 1.29 is 24.1 Å². The Morgan fingerprint density at radius 3 is 1.04 bits per heavy atom. The summed E-state index contributed by atoms with van der Waals surface area (Å²) in [4.78, 5) is 72.0. The fourth-order valence-electron chi connectivity index (χ4n) is 11.8. The SMILES string of the molecule is CCCCCCCCCCCCCCCCCCN1C(=O)c2ccc3c4c([N+](=O)[O-])cc5c6c(ccc(c7c(N)cc(c2c37)C1=O)c64)C(=O)N(CCCCCCCCCCCCCCCCCC)C5=O. The van der Waals surface area contributed by atoms with Gasteiger partial charge in [0, 0.05) is 62.9 Å². The first kappa shape index (κ1) is 52.7. The molecule has 0 fully saturated rings. The number of hydrogen-bond acceptors (Lipinski definition) is 7. The van der Waals surface area contributed by atoms with E-state index in [0.717, 1.165) is 38.5 Å². The van der Waals surface area contributed by atoms with Crippen LogP contribution in [0.15, 0.2) is 36.4 Å². The Bertz CT molecular complexity index is 2600. The van der Waals surface area contributed by atoms with E-state index in [0.29, 0.717) is 79.5 Å². The van der Waals surface area contributed by atoms with Crippen molar-refractivity contribution in [2.45, 2.75) is 219 Å². The summed E-state index contributed by atoms with van der Waals surface area (Å²) in [5.41, 5.74) is 8.01. The highest BCUT2D eigenvalue weighted by molar-refractivity contribution is 6.43. The van der Waals surface area contributed by atoms with E-state index in [2.05, 4.69) is 13.8 Å². The number of carbonyl (C=O) groups is 4. The molecule has 0 atom stereocenters. The molecule has 2 aliphatic rings. The highest BCUT2D eigenvalue weighted by Gasteiger charge is 2.39. The first-order chi connectivity index (χ1) is 34.2. The van der Waals surface area contributed by atoms with Crippen LogP contribution in [0.2, 0.25) is 0 Å². The molecule has 2 N–H and O–H groups in total. The van der Waals surface area contributed by atoms with E-state index in [1.54, 1.807) is 30.3 Å². The molecule has 7 rings (SSSR count). The zero-order chi connectivity index (χ0) is 49.4. The molecule has 10 nitrogen and oxygen atoms in total. The zero-order valence-electron chi connectivity index (χ0n) is 42.9. The van der Waals surface area contributed by atoms with Gasteiger partial charge in [-0.2, -0.15) is 0 Å². The Morgan fingerprint density at radius 2 is 0.686 bits per heavy atom. The third kappa shape index (κ3) is 12.1. The van der Waals surface area contributed by atoms with Crippen molar-refractivity contribution in [3.63, 3.8) is 0 Å². The number of hydrogen-bond donors (Lipinski definition) is 1. The topological polar surface area (TPSA) is 144 Å². The number of nitrogen functional groups attached to an aromatic ring is 1. The Kier molecular flexibility index (Phi) is 19.8. The molecule has 0 bridgehead atoms. The van der Waals surface area contributed by atoms with Crippen molar-refractivity contribution >= 4 is 78.1 Å². The van der Waals surface area contributed by atoms with Crippen LogP contribution < -0.4 is 5.73 Å². The van der Waals surface area contributed by atoms with Gasteiger partial charge >= 0.3 is 0 Å². The summed E-state index contributed by atoms with van der Waals surface area (Å²) in [5.74, 6) is -1.74.